The number of halogens is 1. The first-order valence-electron chi connectivity index (χ1n) is 5.14. The Hall–Kier alpha value is -1.39. The van der Waals surface area contributed by atoms with Crippen LogP contribution in [0.4, 0.5) is 0 Å². The molecule has 0 aliphatic heterocycles. The van der Waals surface area contributed by atoms with Crippen molar-refractivity contribution >= 4 is 11.6 Å². The van der Waals surface area contributed by atoms with Gasteiger partial charge in [0.2, 0.25) is 0 Å². The number of aromatic nitrogens is 3. The van der Waals surface area contributed by atoms with Gasteiger partial charge >= 0.3 is 0 Å². The quantitative estimate of drug-likeness (QED) is 0.804. The zero-order valence-electron chi connectivity index (χ0n) is 8.81. The minimum Gasteiger partial charge on any atom is -0.311 e. The van der Waals surface area contributed by atoms with Crippen LogP contribution in [-0.4, -0.2) is 21.5 Å². The monoisotopic (exact) mass is 236 g/mol. The van der Waals surface area contributed by atoms with Crippen LogP contribution in [0.1, 0.15) is 5.56 Å². The summed E-state index contributed by atoms with van der Waals surface area (Å²) in [6.07, 6.45) is 3.53. The fraction of sp³-hybridized carbons (Fsp3) is 0.273. The molecule has 0 fully saturated rings. The molecule has 0 amide bonds. The third kappa shape index (κ3) is 3.32. The molecule has 0 aliphatic carbocycles. The molecule has 0 spiro atoms. The van der Waals surface area contributed by atoms with Gasteiger partial charge in [-0.2, -0.15) is 0 Å². The summed E-state index contributed by atoms with van der Waals surface area (Å²) in [6, 6.07) is 7.84. The van der Waals surface area contributed by atoms with Gasteiger partial charge in [0.15, 0.2) is 0 Å². The molecule has 16 heavy (non-hydrogen) atoms. The minimum absolute atomic E-state index is 0.774. The second-order valence-electron chi connectivity index (χ2n) is 3.47. The second kappa shape index (κ2) is 5.63. The van der Waals surface area contributed by atoms with Crippen LogP contribution in [-0.2, 0) is 13.1 Å². The molecule has 0 radical (unpaired) electrons. The Morgan fingerprint density at radius 1 is 1.38 bits per heavy atom. The maximum absolute atomic E-state index is 5.89. The normalized spacial score (nSPS) is 10.6. The van der Waals surface area contributed by atoms with E-state index in [1.807, 2.05) is 30.5 Å². The molecule has 0 saturated carbocycles. The summed E-state index contributed by atoms with van der Waals surface area (Å²) in [5, 5.41) is 11.7. The average molecular weight is 237 g/mol. The maximum Gasteiger partial charge on any atom is 0.0692 e. The van der Waals surface area contributed by atoms with Crippen molar-refractivity contribution in [3.05, 3.63) is 47.2 Å². The molecule has 1 aromatic carbocycles. The Kier molecular flexibility index (Phi) is 3.91. The summed E-state index contributed by atoms with van der Waals surface area (Å²) >= 11 is 5.89. The summed E-state index contributed by atoms with van der Waals surface area (Å²) < 4.78 is 1.80. The van der Waals surface area contributed by atoms with E-state index in [9.17, 15) is 0 Å². The summed E-state index contributed by atoms with van der Waals surface area (Å²) in [5.74, 6) is 0. The largest absolute Gasteiger partial charge is 0.311 e. The van der Waals surface area contributed by atoms with E-state index >= 15 is 0 Å². The summed E-state index contributed by atoms with van der Waals surface area (Å²) in [5.41, 5.74) is 1.19. The van der Waals surface area contributed by atoms with E-state index in [4.69, 9.17) is 11.6 Å². The predicted molar refractivity (Wildman–Crippen MR) is 63.2 cm³/mol. The van der Waals surface area contributed by atoms with Gasteiger partial charge in [-0.3, -0.25) is 4.68 Å². The highest BCUT2D eigenvalue weighted by Gasteiger charge is 1.94. The molecule has 0 atom stereocenters. The Bertz CT molecular complexity index is 427. The molecule has 4 nitrogen and oxygen atoms in total. The van der Waals surface area contributed by atoms with Gasteiger partial charge in [-0.15, -0.1) is 5.10 Å². The smallest absolute Gasteiger partial charge is 0.0692 e. The second-order valence-corrected chi connectivity index (χ2v) is 3.91. The molecule has 0 aliphatic rings. The van der Waals surface area contributed by atoms with Crippen molar-refractivity contribution in [1.29, 1.82) is 0 Å². The van der Waals surface area contributed by atoms with E-state index in [1.165, 1.54) is 5.56 Å². The fourth-order valence-corrected chi connectivity index (χ4v) is 1.64. The van der Waals surface area contributed by atoms with Gasteiger partial charge in [0.05, 0.1) is 12.7 Å². The van der Waals surface area contributed by atoms with Crippen LogP contribution in [0, 0.1) is 0 Å². The van der Waals surface area contributed by atoms with E-state index < -0.39 is 0 Å². The fourth-order valence-electron chi connectivity index (χ4n) is 1.43. The van der Waals surface area contributed by atoms with Crippen molar-refractivity contribution in [2.45, 2.75) is 13.1 Å². The first-order valence-corrected chi connectivity index (χ1v) is 5.51. The number of nitrogens with zero attached hydrogens (tertiary/aromatic N) is 3. The third-order valence-electron chi connectivity index (χ3n) is 2.21. The molecule has 1 N–H and O–H groups in total. The summed E-state index contributed by atoms with van der Waals surface area (Å²) in [6.45, 7) is 2.49. The lowest BCUT2D eigenvalue weighted by Crippen LogP contribution is -2.19. The third-order valence-corrected chi connectivity index (χ3v) is 2.44. The van der Waals surface area contributed by atoms with Gasteiger partial charge in [-0.1, -0.05) is 28.9 Å². The van der Waals surface area contributed by atoms with Crippen molar-refractivity contribution in [2.75, 3.05) is 6.54 Å². The topological polar surface area (TPSA) is 42.7 Å². The van der Waals surface area contributed by atoms with Crippen LogP contribution < -0.4 is 5.32 Å². The highest BCUT2D eigenvalue weighted by Crippen LogP contribution is 2.09. The SMILES string of the molecule is Clc1cccc(CNCCn2ccnn2)c1. The van der Waals surface area contributed by atoms with Gasteiger partial charge in [0.25, 0.3) is 0 Å². The Balaban J connectivity index is 1.72. The molecule has 0 bridgehead atoms. The summed E-state index contributed by atoms with van der Waals surface area (Å²) in [7, 11) is 0. The van der Waals surface area contributed by atoms with Crippen molar-refractivity contribution in [3.63, 3.8) is 0 Å². The lowest BCUT2D eigenvalue weighted by molar-refractivity contribution is 0.540. The van der Waals surface area contributed by atoms with Crippen LogP contribution in [0.3, 0.4) is 0 Å². The highest BCUT2D eigenvalue weighted by molar-refractivity contribution is 6.30. The first-order chi connectivity index (χ1) is 7.84. The van der Waals surface area contributed by atoms with Gasteiger partial charge < -0.3 is 5.32 Å². The molecule has 1 aromatic heterocycles. The zero-order valence-corrected chi connectivity index (χ0v) is 9.56. The lowest BCUT2D eigenvalue weighted by atomic mass is 10.2. The zero-order chi connectivity index (χ0) is 11.2. The molecule has 0 saturated heterocycles. The highest BCUT2D eigenvalue weighted by atomic mass is 35.5. The number of benzene rings is 1. The number of hydrogen-bond donors (Lipinski definition) is 1. The van der Waals surface area contributed by atoms with Crippen LogP contribution in [0.2, 0.25) is 5.02 Å². The number of hydrogen-bond acceptors (Lipinski definition) is 3. The van der Waals surface area contributed by atoms with E-state index in [-0.39, 0.29) is 0 Å². The van der Waals surface area contributed by atoms with Crippen molar-refractivity contribution in [1.82, 2.24) is 20.3 Å². The number of rotatable bonds is 5. The van der Waals surface area contributed by atoms with Gasteiger partial charge in [0.1, 0.15) is 0 Å². The van der Waals surface area contributed by atoms with Crippen molar-refractivity contribution in [2.24, 2.45) is 0 Å². The van der Waals surface area contributed by atoms with Crippen LogP contribution in [0.5, 0.6) is 0 Å². The Morgan fingerprint density at radius 2 is 2.31 bits per heavy atom. The minimum atomic E-state index is 0.774. The van der Waals surface area contributed by atoms with E-state index in [2.05, 4.69) is 15.6 Å². The average Bonchev–Trinajstić information content (AvgIpc) is 2.77. The van der Waals surface area contributed by atoms with E-state index in [0.29, 0.717) is 0 Å². The van der Waals surface area contributed by atoms with Gasteiger partial charge in [0, 0.05) is 24.3 Å². The molecular weight excluding hydrogens is 224 g/mol. The molecule has 1 heterocycles. The maximum atomic E-state index is 5.89. The Morgan fingerprint density at radius 3 is 3.06 bits per heavy atom. The number of nitrogens with one attached hydrogen (secondary N) is 1. The standard InChI is InChI=1S/C11H13ClN4/c12-11-3-1-2-10(8-11)9-13-4-6-16-7-5-14-15-16/h1-3,5,7-8,13H,4,6,9H2. The molecule has 5 heteroatoms. The van der Waals surface area contributed by atoms with Gasteiger partial charge in [-0.25, -0.2) is 0 Å². The van der Waals surface area contributed by atoms with Crippen LogP contribution >= 0.6 is 11.6 Å². The molecule has 0 unspecified atom stereocenters. The van der Waals surface area contributed by atoms with E-state index in [1.54, 1.807) is 10.9 Å². The van der Waals surface area contributed by atoms with Gasteiger partial charge in [-0.05, 0) is 17.7 Å². The van der Waals surface area contributed by atoms with E-state index in [0.717, 1.165) is 24.7 Å². The first kappa shape index (κ1) is 11.1. The Labute approximate surface area is 99.2 Å². The lowest BCUT2D eigenvalue weighted by Gasteiger charge is -2.05. The molecular formula is C11H13ClN4. The van der Waals surface area contributed by atoms with Crippen LogP contribution in [0.15, 0.2) is 36.7 Å². The predicted octanol–water partition coefficient (Wildman–Crippen LogP) is 1.72. The van der Waals surface area contributed by atoms with Crippen molar-refractivity contribution in [3.8, 4) is 0 Å². The van der Waals surface area contributed by atoms with Crippen molar-refractivity contribution < 1.29 is 0 Å². The summed E-state index contributed by atoms with van der Waals surface area (Å²) in [4.78, 5) is 0. The van der Waals surface area contributed by atoms with Crippen LogP contribution in [0.25, 0.3) is 0 Å². The molecule has 2 rings (SSSR count). The molecule has 2 aromatic rings. The molecule has 84 valence electrons.